The topological polar surface area (TPSA) is 29.3 Å². The Morgan fingerprint density at radius 2 is 1.57 bits per heavy atom. The van der Waals surface area contributed by atoms with Gasteiger partial charge >= 0.3 is 0 Å². The summed E-state index contributed by atoms with van der Waals surface area (Å²) in [5, 5.41) is 0. The van der Waals surface area contributed by atoms with Gasteiger partial charge in [-0.05, 0) is 62.1 Å². The third-order valence-corrected chi connectivity index (χ3v) is 4.07. The van der Waals surface area contributed by atoms with Gasteiger partial charge in [-0.3, -0.25) is 4.90 Å². The van der Waals surface area contributed by atoms with E-state index in [2.05, 4.69) is 62.9 Å². The zero-order valence-electron chi connectivity index (χ0n) is 13.6. The molecule has 0 bridgehead atoms. The van der Waals surface area contributed by atoms with Gasteiger partial charge in [0.05, 0.1) is 0 Å². The molecule has 0 spiro atoms. The van der Waals surface area contributed by atoms with Crippen LogP contribution in [0.1, 0.15) is 36.1 Å². The lowest BCUT2D eigenvalue weighted by atomic mass is 10.0. The zero-order valence-corrected chi connectivity index (χ0v) is 13.6. The highest BCUT2D eigenvalue weighted by atomic mass is 15.1. The Balaban J connectivity index is 2.20. The summed E-state index contributed by atoms with van der Waals surface area (Å²) >= 11 is 0. The molecule has 0 heterocycles. The predicted molar refractivity (Wildman–Crippen MR) is 91.2 cm³/mol. The fourth-order valence-corrected chi connectivity index (χ4v) is 2.65. The van der Waals surface area contributed by atoms with Crippen molar-refractivity contribution in [1.29, 1.82) is 0 Å². The van der Waals surface area contributed by atoms with E-state index in [-0.39, 0.29) is 0 Å². The Labute approximate surface area is 128 Å². The van der Waals surface area contributed by atoms with E-state index < -0.39 is 0 Å². The lowest BCUT2D eigenvalue weighted by molar-refractivity contribution is 0.203. The first kappa shape index (κ1) is 15.6. The molecule has 0 saturated carbocycles. The van der Waals surface area contributed by atoms with Gasteiger partial charge in [-0.15, -0.1) is 0 Å². The smallest absolute Gasteiger partial charge is 0.0317 e. The van der Waals surface area contributed by atoms with Gasteiger partial charge in [-0.1, -0.05) is 30.3 Å². The molecule has 2 nitrogen and oxygen atoms in total. The van der Waals surface area contributed by atoms with E-state index in [0.717, 1.165) is 18.8 Å². The molecular weight excluding hydrogens is 256 g/mol. The zero-order chi connectivity index (χ0) is 15.4. The van der Waals surface area contributed by atoms with Crippen molar-refractivity contribution in [3.8, 4) is 0 Å². The summed E-state index contributed by atoms with van der Waals surface area (Å²) in [6, 6.07) is 15.2. The summed E-state index contributed by atoms with van der Waals surface area (Å²) in [7, 11) is 0. The number of nitrogens with zero attached hydrogens (tertiary/aromatic N) is 1. The highest BCUT2D eigenvalue weighted by Crippen LogP contribution is 2.19. The van der Waals surface area contributed by atoms with Gasteiger partial charge in [0.1, 0.15) is 0 Å². The van der Waals surface area contributed by atoms with Crippen LogP contribution in [0.5, 0.6) is 0 Å². The maximum Gasteiger partial charge on any atom is 0.0317 e. The van der Waals surface area contributed by atoms with Crippen molar-refractivity contribution in [3.05, 3.63) is 64.7 Å². The van der Waals surface area contributed by atoms with E-state index in [9.17, 15) is 0 Å². The van der Waals surface area contributed by atoms with Crippen molar-refractivity contribution in [2.75, 3.05) is 5.73 Å². The molecule has 0 aliphatic carbocycles. The Hall–Kier alpha value is -1.80. The first-order valence-electron chi connectivity index (χ1n) is 7.61. The Bertz CT molecular complexity index is 582. The summed E-state index contributed by atoms with van der Waals surface area (Å²) in [6.07, 6.45) is 0. The molecule has 2 heteroatoms. The van der Waals surface area contributed by atoms with Crippen molar-refractivity contribution in [2.24, 2.45) is 0 Å². The molecule has 0 unspecified atom stereocenters. The molecule has 0 aliphatic rings. The van der Waals surface area contributed by atoms with Gasteiger partial charge in [-0.2, -0.15) is 0 Å². The van der Waals surface area contributed by atoms with Gasteiger partial charge in [0.25, 0.3) is 0 Å². The van der Waals surface area contributed by atoms with Crippen molar-refractivity contribution >= 4 is 5.69 Å². The summed E-state index contributed by atoms with van der Waals surface area (Å²) in [5.41, 5.74) is 12.2. The van der Waals surface area contributed by atoms with Crippen molar-refractivity contribution in [2.45, 2.75) is 46.8 Å². The molecule has 2 rings (SSSR count). The Kier molecular flexibility index (Phi) is 5.03. The van der Waals surface area contributed by atoms with Crippen LogP contribution in [-0.2, 0) is 13.1 Å². The van der Waals surface area contributed by atoms with Gasteiger partial charge < -0.3 is 5.73 Å². The molecule has 0 aliphatic heterocycles. The average molecular weight is 282 g/mol. The third kappa shape index (κ3) is 4.08. The van der Waals surface area contributed by atoms with Gasteiger partial charge in [0, 0.05) is 24.8 Å². The molecule has 0 fully saturated rings. The Morgan fingerprint density at radius 3 is 2.14 bits per heavy atom. The van der Waals surface area contributed by atoms with E-state index in [4.69, 9.17) is 5.73 Å². The predicted octanol–water partition coefficient (Wildman–Crippen LogP) is 4.30. The number of rotatable bonds is 5. The van der Waals surface area contributed by atoms with E-state index >= 15 is 0 Å². The lowest BCUT2D eigenvalue weighted by Gasteiger charge is -2.28. The average Bonchev–Trinajstić information content (AvgIpc) is 2.41. The van der Waals surface area contributed by atoms with E-state index in [1.54, 1.807) is 0 Å². The first-order chi connectivity index (χ1) is 9.97. The van der Waals surface area contributed by atoms with Crippen LogP contribution in [0.15, 0.2) is 42.5 Å². The maximum atomic E-state index is 5.89. The second-order valence-electron chi connectivity index (χ2n) is 6.11. The SMILES string of the molecule is Cc1cccc(C)c1CN(Cc1cccc(N)c1)C(C)C. The number of nitrogens with two attached hydrogens (primary N) is 1. The van der Waals surface area contributed by atoms with Crippen molar-refractivity contribution in [1.82, 2.24) is 4.90 Å². The number of anilines is 1. The summed E-state index contributed by atoms with van der Waals surface area (Å²) in [6.45, 7) is 10.8. The third-order valence-electron chi connectivity index (χ3n) is 4.07. The van der Waals surface area contributed by atoms with Crippen molar-refractivity contribution < 1.29 is 0 Å². The van der Waals surface area contributed by atoms with Crippen LogP contribution in [0.25, 0.3) is 0 Å². The van der Waals surface area contributed by atoms with Crippen molar-refractivity contribution in [3.63, 3.8) is 0 Å². The fraction of sp³-hybridized carbons (Fsp3) is 0.368. The minimum atomic E-state index is 0.491. The van der Waals surface area contributed by atoms with Crippen LogP contribution >= 0.6 is 0 Å². The molecule has 21 heavy (non-hydrogen) atoms. The van der Waals surface area contributed by atoms with Crippen LogP contribution in [0.3, 0.4) is 0 Å². The largest absolute Gasteiger partial charge is 0.399 e. The first-order valence-corrected chi connectivity index (χ1v) is 7.61. The molecule has 0 saturated heterocycles. The second kappa shape index (κ2) is 6.77. The summed E-state index contributed by atoms with van der Waals surface area (Å²) in [4.78, 5) is 2.49. The molecular formula is C19H26N2. The van der Waals surface area contributed by atoms with Gasteiger partial charge in [-0.25, -0.2) is 0 Å². The molecule has 0 radical (unpaired) electrons. The van der Waals surface area contributed by atoms with Gasteiger partial charge in [0.15, 0.2) is 0 Å². The highest BCUT2D eigenvalue weighted by molar-refractivity contribution is 5.40. The normalized spacial score (nSPS) is 11.3. The van der Waals surface area contributed by atoms with Crippen LogP contribution in [-0.4, -0.2) is 10.9 Å². The standard InChI is InChI=1S/C19H26N2/c1-14(2)21(12-17-9-6-10-18(20)11-17)13-19-15(3)7-5-8-16(19)4/h5-11,14H,12-13,20H2,1-4H3. The molecule has 0 aromatic heterocycles. The summed E-state index contributed by atoms with van der Waals surface area (Å²) < 4.78 is 0. The molecule has 2 N–H and O–H groups in total. The molecule has 0 amide bonds. The maximum absolute atomic E-state index is 5.89. The monoisotopic (exact) mass is 282 g/mol. The number of aryl methyl sites for hydroxylation is 2. The van der Waals surface area contributed by atoms with E-state index in [0.29, 0.717) is 6.04 Å². The minimum absolute atomic E-state index is 0.491. The van der Waals surface area contributed by atoms with Crippen LogP contribution in [0.4, 0.5) is 5.69 Å². The second-order valence-corrected chi connectivity index (χ2v) is 6.11. The quantitative estimate of drug-likeness (QED) is 0.829. The number of nitrogen functional groups attached to an aromatic ring is 1. The molecule has 112 valence electrons. The molecule has 2 aromatic rings. The van der Waals surface area contributed by atoms with Crippen LogP contribution in [0, 0.1) is 13.8 Å². The molecule has 0 atom stereocenters. The van der Waals surface area contributed by atoms with Gasteiger partial charge in [0.2, 0.25) is 0 Å². The van der Waals surface area contributed by atoms with Crippen LogP contribution < -0.4 is 5.73 Å². The number of benzene rings is 2. The van der Waals surface area contributed by atoms with E-state index in [1.807, 2.05) is 12.1 Å². The van der Waals surface area contributed by atoms with Crippen LogP contribution in [0.2, 0.25) is 0 Å². The lowest BCUT2D eigenvalue weighted by Crippen LogP contribution is -2.30. The number of hydrogen-bond donors (Lipinski definition) is 1. The number of hydrogen-bond acceptors (Lipinski definition) is 2. The van der Waals surface area contributed by atoms with E-state index in [1.165, 1.54) is 22.3 Å². The summed E-state index contributed by atoms with van der Waals surface area (Å²) in [5.74, 6) is 0. The minimum Gasteiger partial charge on any atom is -0.399 e. The Morgan fingerprint density at radius 1 is 0.952 bits per heavy atom. The fourth-order valence-electron chi connectivity index (χ4n) is 2.65. The highest BCUT2D eigenvalue weighted by Gasteiger charge is 2.13. The molecule has 2 aromatic carbocycles.